The van der Waals surface area contributed by atoms with Crippen molar-refractivity contribution in [2.24, 2.45) is 10.9 Å². The van der Waals surface area contributed by atoms with Gasteiger partial charge in [0.2, 0.25) is 0 Å². The van der Waals surface area contributed by atoms with Crippen LogP contribution in [-0.4, -0.2) is 86.4 Å². The third-order valence-electron chi connectivity index (χ3n) is 5.67. The highest BCUT2D eigenvalue weighted by molar-refractivity contribution is 5.80. The molecule has 2 fully saturated rings. The molecule has 2 aliphatic heterocycles. The van der Waals surface area contributed by atoms with Gasteiger partial charge in [0.1, 0.15) is 0 Å². The second-order valence-corrected chi connectivity index (χ2v) is 8.23. The molecule has 0 saturated carbocycles. The molecule has 0 amide bonds. The fourth-order valence-electron chi connectivity index (χ4n) is 3.92. The molecule has 0 bridgehead atoms. The Morgan fingerprint density at radius 1 is 1.04 bits per heavy atom. The monoisotopic (exact) mass is 367 g/mol. The number of guanidine groups is 1. The molecule has 1 unspecified atom stereocenters. The minimum absolute atomic E-state index is 0.483. The van der Waals surface area contributed by atoms with Crippen molar-refractivity contribution in [2.75, 3.05) is 52.5 Å². The summed E-state index contributed by atoms with van der Waals surface area (Å²) in [5, 5.41) is 7.13. The summed E-state index contributed by atoms with van der Waals surface area (Å²) in [4.78, 5) is 10.1. The number of hydrogen-bond acceptors (Lipinski definition) is 4. The van der Waals surface area contributed by atoms with Gasteiger partial charge in [-0.1, -0.05) is 13.8 Å². The predicted octanol–water partition coefficient (Wildman–Crippen LogP) is 1.77. The van der Waals surface area contributed by atoms with Gasteiger partial charge in [0.05, 0.1) is 19.8 Å². The third-order valence-corrected chi connectivity index (χ3v) is 5.67. The standard InChI is InChI=1S/C20H41N5O/c1-6-21-20(23-18-7-9-24(10-8-18)17(4)5)22-15-19(16(2)3)25-11-13-26-14-12-25/h16-19H,6-15H2,1-5H3,(H2,21,22,23). The molecule has 0 spiro atoms. The number of aliphatic imine (C=N–C) groups is 1. The molecule has 6 heteroatoms. The van der Waals surface area contributed by atoms with E-state index >= 15 is 0 Å². The minimum atomic E-state index is 0.483. The van der Waals surface area contributed by atoms with Gasteiger partial charge in [0.15, 0.2) is 5.96 Å². The molecule has 2 saturated heterocycles. The zero-order valence-corrected chi connectivity index (χ0v) is 17.6. The summed E-state index contributed by atoms with van der Waals surface area (Å²) in [7, 11) is 0. The molecule has 2 aliphatic rings. The number of morpholine rings is 1. The third kappa shape index (κ3) is 6.71. The number of likely N-dealkylation sites (tertiary alicyclic amines) is 1. The number of ether oxygens (including phenoxy) is 1. The second kappa shape index (κ2) is 11.1. The number of hydrogen-bond donors (Lipinski definition) is 2. The van der Waals surface area contributed by atoms with E-state index in [0.717, 1.165) is 45.4 Å². The zero-order chi connectivity index (χ0) is 18.9. The lowest BCUT2D eigenvalue weighted by Crippen LogP contribution is -2.51. The minimum Gasteiger partial charge on any atom is -0.379 e. The molecular weight excluding hydrogens is 326 g/mol. The van der Waals surface area contributed by atoms with Gasteiger partial charge in [0, 0.05) is 50.8 Å². The quantitative estimate of drug-likeness (QED) is 0.531. The first-order valence-corrected chi connectivity index (χ1v) is 10.6. The lowest BCUT2D eigenvalue weighted by Gasteiger charge is -2.37. The van der Waals surface area contributed by atoms with Crippen LogP contribution in [0.5, 0.6) is 0 Å². The number of rotatable bonds is 7. The number of piperidine rings is 1. The van der Waals surface area contributed by atoms with E-state index in [2.05, 4.69) is 55.1 Å². The van der Waals surface area contributed by atoms with E-state index < -0.39 is 0 Å². The van der Waals surface area contributed by atoms with Crippen LogP contribution in [0, 0.1) is 5.92 Å². The van der Waals surface area contributed by atoms with E-state index in [-0.39, 0.29) is 0 Å². The van der Waals surface area contributed by atoms with Crippen molar-refractivity contribution in [3.8, 4) is 0 Å². The second-order valence-electron chi connectivity index (χ2n) is 8.23. The molecule has 0 aromatic rings. The molecule has 152 valence electrons. The van der Waals surface area contributed by atoms with Crippen LogP contribution >= 0.6 is 0 Å². The Hall–Kier alpha value is -0.850. The molecule has 6 nitrogen and oxygen atoms in total. The molecule has 0 aromatic carbocycles. The van der Waals surface area contributed by atoms with Gasteiger partial charge in [-0.25, -0.2) is 0 Å². The molecule has 2 rings (SSSR count). The molecule has 2 N–H and O–H groups in total. The van der Waals surface area contributed by atoms with E-state index in [1.807, 2.05) is 0 Å². The molecular formula is C20H41N5O. The normalized spacial score (nSPS) is 22.8. The van der Waals surface area contributed by atoms with Gasteiger partial charge in [0.25, 0.3) is 0 Å². The van der Waals surface area contributed by atoms with Crippen molar-refractivity contribution in [1.82, 2.24) is 20.4 Å². The fraction of sp³-hybridized carbons (Fsp3) is 0.950. The SMILES string of the molecule is CCNC(=NCC(C(C)C)N1CCOCC1)NC1CCN(C(C)C)CC1. The highest BCUT2D eigenvalue weighted by Crippen LogP contribution is 2.15. The number of nitrogens with zero attached hydrogens (tertiary/aromatic N) is 3. The average molecular weight is 368 g/mol. The summed E-state index contributed by atoms with van der Waals surface area (Å²) in [6, 6.07) is 1.67. The lowest BCUT2D eigenvalue weighted by atomic mass is 10.0. The first-order valence-electron chi connectivity index (χ1n) is 10.6. The van der Waals surface area contributed by atoms with Gasteiger partial charge in [-0.2, -0.15) is 0 Å². The van der Waals surface area contributed by atoms with Gasteiger partial charge in [-0.15, -0.1) is 0 Å². The Morgan fingerprint density at radius 2 is 1.69 bits per heavy atom. The van der Waals surface area contributed by atoms with Crippen molar-refractivity contribution in [1.29, 1.82) is 0 Å². The largest absolute Gasteiger partial charge is 0.379 e. The molecule has 2 heterocycles. The van der Waals surface area contributed by atoms with Gasteiger partial charge >= 0.3 is 0 Å². The van der Waals surface area contributed by atoms with Crippen LogP contribution in [0.3, 0.4) is 0 Å². The fourth-order valence-corrected chi connectivity index (χ4v) is 3.92. The summed E-state index contributed by atoms with van der Waals surface area (Å²) in [5.74, 6) is 1.57. The first-order chi connectivity index (χ1) is 12.5. The van der Waals surface area contributed by atoms with E-state index in [4.69, 9.17) is 9.73 Å². The molecule has 0 aromatic heterocycles. The topological polar surface area (TPSA) is 52.1 Å². The van der Waals surface area contributed by atoms with E-state index in [1.54, 1.807) is 0 Å². The van der Waals surface area contributed by atoms with E-state index in [0.29, 0.717) is 24.0 Å². The number of nitrogens with one attached hydrogen (secondary N) is 2. The Bertz CT molecular complexity index is 412. The van der Waals surface area contributed by atoms with Crippen molar-refractivity contribution >= 4 is 5.96 Å². The Balaban J connectivity index is 1.90. The molecule has 0 radical (unpaired) electrons. The lowest BCUT2D eigenvalue weighted by molar-refractivity contribution is 0.00867. The van der Waals surface area contributed by atoms with Crippen LogP contribution in [0.15, 0.2) is 4.99 Å². The maximum Gasteiger partial charge on any atom is 0.191 e. The van der Waals surface area contributed by atoms with Crippen molar-refractivity contribution in [3.63, 3.8) is 0 Å². The van der Waals surface area contributed by atoms with Gasteiger partial charge in [-0.3, -0.25) is 9.89 Å². The van der Waals surface area contributed by atoms with Crippen LogP contribution in [0.25, 0.3) is 0 Å². The zero-order valence-electron chi connectivity index (χ0n) is 17.6. The predicted molar refractivity (Wildman–Crippen MR) is 110 cm³/mol. The highest BCUT2D eigenvalue weighted by Gasteiger charge is 2.24. The van der Waals surface area contributed by atoms with Crippen molar-refractivity contribution in [3.05, 3.63) is 0 Å². The Kier molecular flexibility index (Phi) is 9.16. The molecule has 1 atom stereocenters. The summed E-state index contributed by atoms with van der Waals surface area (Å²) in [6.07, 6.45) is 2.39. The van der Waals surface area contributed by atoms with Crippen LogP contribution in [0.4, 0.5) is 0 Å². The highest BCUT2D eigenvalue weighted by atomic mass is 16.5. The first kappa shape index (κ1) is 21.5. The summed E-state index contributed by atoms with van der Waals surface area (Å²) in [6.45, 7) is 19.2. The smallest absolute Gasteiger partial charge is 0.191 e. The molecule has 26 heavy (non-hydrogen) atoms. The van der Waals surface area contributed by atoms with Gasteiger partial charge < -0.3 is 20.3 Å². The molecule has 0 aliphatic carbocycles. The summed E-state index contributed by atoms with van der Waals surface area (Å²) < 4.78 is 5.51. The average Bonchev–Trinajstić information content (AvgIpc) is 2.63. The van der Waals surface area contributed by atoms with Crippen molar-refractivity contribution < 1.29 is 4.74 Å². The summed E-state index contributed by atoms with van der Waals surface area (Å²) in [5.41, 5.74) is 0. The maximum atomic E-state index is 5.51. The van der Waals surface area contributed by atoms with E-state index in [1.165, 1.54) is 25.9 Å². The van der Waals surface area contributed by atoms with Crippen LogP contribution in [-0.2, 0) is 4.74 Å². The summed E-state index contributed by atoms with van der Waals surface area (Å²) >= 11 is 0. The Morgan fingerprint density at radius 3 is 2.23 bits per heavy atom. The van der Waals surface area contributed by atoms with Crippen LogP contribution in [0.2, 0.25) is 0 Å². The van der Waals surface area contributed by atoms with Crippen molar-refractivity contribution in [2.45, 2.75) is 65.6 Å². The van der Waals surface area contributed by atoms with E-state index in [9.17, 15) is 0 Å². The van der Waals surface area contributed by atoms with Gasteiger partial charge in [-0.05, 0) is 39.5 Å². The van der Waals surface area contributed by atoms with Crippen LogP contribution < -0.4 is 10.6 Å². The van der Waals surface area contributed by atoms with Crippen LogP contribution in [0.1, 0.15) is 47.5 Å². The Labute approximate surface area is 160 Å². The maximum absolute atomic E-state index is 5.51.